The molecule has 0 aliphatic heterocycles. The van der Waals surface area contributed by atoms with Gasteiger partial charge in [0.25, 0.3) is 0 Å². The maximum absolute atomic E-state index is 13.8. The number of hydrogen-bond donors (Lipinski definition) is 2. The number of aromatic nitrogens is 1. The van der Waals surface area contributed by atoms with Crippen LogP contribution in [0.25, 0.3) is 10.9 Å². The molecule has 0 aliphatic rings. The number of anilines is 1. The summed E-state index contributed by atoms with van der Waals surface area (Å²) in [6.07, 6.45) is 1.72. The highest BCUT2D eigenvalue weighted by molar-refractivity contribution is 7.94. The Balaban J connectivity index is 1.77. The van der Waals surface area contributed by atoms with E-state index < -0.39 is 6.04 Å². The highest BCUT2D eigenvalue weighted by atomic mass is 32.2. The Kier molecular flexibility index (Phi) is 4.84. The van der Waals surface area contributed by atoms with Gasteiger partial charge in [0.05, 0.1) is 17.6 Å². The van der Waals surface area contributed by atoms with Gasteiger partial charge in [0.1, 0.15) is 11.9 Å². The van der Waals surface area contributed by atoms with Crippen LogP contribution in [0.1, 0.15) is 13.0 Å². The molecular weight excluding hydrogens is 329 g/mol. The van der Waals surface area contributed by atoms with E-state index in [0.29, 0.717) is 16.6 Å². The molecule has 3 rings (SSSR count). The summed E-state index contributed by atoms with van der Waals surface area (Å²) in [4.78, 5) is 13.3. The van der Waals surface area contributed by atoms with Gasteiger partial charge in [0.2, 0.25) is 5.91 Å². The molecule has 2 aromatic carbocycles. The zero-order valence-electron chi connectivity index (χ0n) is 12.9. The molecule has 3 N–H and O–H groups in total. The summed E-state index contributed by atoms with van der Waals surface area (Å²) in [5.41, 5.74) is 1.35. The number of benzene rings is 2. The van der Waals surface area contributed by atoms with Gasteiger partial charge in [0.15, 0.2) is 0 Å². The Morgan fingerprint density at radius 2 is 2.00 bits per heavy atom. The van der Waals surface area contributed by atoms with Crippen molar-refractivity contribution in [1.82, 2.24) is 4.57 Å². The molecule has 0 aliphatic carbocycles. The minimum Gasteiger partial charge on any atom is -0.335 e. The lowest BCUT2D eigenvalue weighted by atomic mass is 10.2. The zero-order valence-corrected chi connectivity index (χ0v) is 13.7. The van der Waals surface area contributed by atoms with Crippen LogP contribution in [-0.4, -0.2) is 10.5 Å². The lowest BCUT2D eigenvalue weighted by Gasteiger charge is -2.15. The van der Waals surface area contributed by atoms with Crippen LogP contribution in [0.3, 0.4) is 0 Å². The van der Waals surface area contributed by atoms with Crippen LogP contribution in [-0.2, 0) is 9.08 Å². The van der Waals surface area contributed by atoms with Crippen molar-refractivity contribution in [3.05, 3.63) is 60.5 Å². The second-order valence-corrected chi connectivity index (χ2v) is 6.10. The molecule has 3 aromatic rings. The molecular formula is C17H16FN3O2S. The van der Waals surface area contributed by atoms with E-state index in [-0.39, 0.29) is 11.7 Å². The lowest BCUT2D eigenvalue weighted by Crippen LogP contribution is -2.23. The Bertz CT molecular complexity index is 864. The number of rotatable bonds is 5. The van der Waals surface area contributed by atoms with E-state index in [9.17, 15) is 9.18 Å². The molecule has 0 bridgehead atoms. The predicted molar refractivity (Wildman–Crippen MR) is 92.8 cm³/mol. The predicted octanol–water partition coefficient (Wildman–Crippen LogP) is 3.88. The number of halogens is 1. The normalized spacial score (nSPS) is 12.3. The van der Waals surface area contributed by atoms with Crippen molar-refractivity contribution in [2.75, 3.05) is 5.32 Å². The Hall–Kier alpha value is -2.35. The smallest absolute Gasteiger partial charge is 0.247 e. The molecule has 0 radical (unpaired) electrons. The number of fused-ring (bicyclic) bond motifs is 1. The van der Waals surface area contributed by atoms with Crippen molar-refractivity contribution in [3.63, 3.8) is 0 Å². The number of nitrogens with one attached hydrogen (secondary N) is 1. The van der Waals surface area contributed by atoms with Gasteiger partial charge in [-0.2, -0.15) is 0 Å². The van der Waals surface area contributed by atoms with E-state index >= 15 is 0 Å². The highest BCUT2D eigenvalue weighted by Gasteiger charge is 2.17. The quantitative estimate of drug-likeness (QED) is 0.544. The monoisotopic (exact) mass is 345 g/mol. The second kappa shape index (κ2) is 7.04. The fourth-order valence-corrected chi connectivity index (χ4v) is 2.87. The van der Waals surface area contributed by atoms with Crippen molar-refractivity contribution < 1.29 is 13.5 Å². The fourth-order valence-electron chi connectivity index (χ4n) is 2.51. The van der Waals surface area contributed by atoms with Crippen molar-refractivity contribution >= 4 is 34.5 Å². The summed E-state index contributed by atoms with van der Waals surface area (Å²) in [5, 5.41) is 3.34. The average molecular weight is 345 g/mol. The second-order valence-electron chi connectivity index (χ2n) is 5.26. The van der Waals surface area contributed by atoms with Gasteiger partial charge in [-0.05, 0) is 49.4 Å². The third-order valence-corrected chi connectivity index (χ3v) is 4.33. The molecule has 1 amide bonds. The molecule has 1 heterocycles. The number of carbonyl (C=O) groups is 1. The Morgan fingerprint density at radius 3 is 2.71 bits per heavy atom. The van der Waals surface area contributed by atoms with E-state index in [4.69, 9.17) is 5.90 Å². The summed E-state index contributed by atoms with van der Waals surface area (Å²) in [7, 11) is 0. The summed E-state index contributed by atoms with van der Waals surface area (Å²) >= 11 is 1.04. The summed E-state index contributed by atoms with van der Waals surface area (Å²) < 4.78 is 20.0. The van der Waals surface area contributed by atoms with Crippen molar-refractivity contribution in [1.29, 1.82) is 0 Å². The third-order valence-electron chi connectivity index (χ3n) is 3.77. The Labute approximate surface area is 142 Å². The first-order chi connectivity index (χ1) is 11.6. The molecule has 1 aromatic heterocycles. The van der Waals surface area contributed by atoms with Crippen LogP contribution in [0.15, 0.2) is 59.6 Å². The first-order valence-electron chi connectivity index (χ1n) is 7.29. The Morgan fingerprint density at radius 1 is 1.25 bits per heavy atom. The largest absolute Gasteiger partial charge is 0.335 e. The molecule has 0 saturated carbocycles. The van der Waals surface area contributed by atoms with Gasteiger partial charge in [-0.15, -0.1) is 0 Å². The molecule has 124 valence electrons. The van der Waals surface area contributed by atoms with Crippen molar-refractivity contribution in [3.8, 4) is 0 Å². The van der Waals surface area contributed by atoms with Crippen molar-refractivity contribution in [2.45, 2.75) is 17.9 Å². The van der Waals surface area contributed by atoms with E-state index in [2.05, 4.69) is 9.60 Å². The molecule has 0 fully saturated rings. The van der Waals surface area contributed by atoms with Gasteiger partial charge in [0, 0.05) is 22.2 Å². The number of carbonyl (C=O) groups excluding carboxylic acids is 1. The standard InChI is InChI=1S/C17H16FN3O2S/c1-11(21-10-9-14-15(18)3-2-4-16(14)21)17(22)20-12-5-7-13(8-6-12)24-23-19/h2-11H,19H2,1H3,(H,20,22). The zero-order chi connectivity index (χ0) is 17.1. The van der Waals surface area contributed by atoms with Crippen LogP contribution in [0.4, 0.5) is 10.1 Å². The number of nitrogens with two attached hydrogens (primary N) is 1. The molecule has 7 heteroatoms. The van der Waals surface area contributed by atoms with Crippen LogP contribution >= 0.6 is 12.0 Å². The van der Waals surface area contributed by atoms with Gasteiger partial charge >= 0.3 is 0 Å². The summed E-state index contributed by atoms with van der Waals surface area (Å²) in [5.74, 6) is 4.51. The van der Waals surface area contributed by atoms with E-state index in [0.717, 1.165) is 16.9 Å². The maximum atomic E-state index is 13.8. The lowest BCUT2D eigenvalue weighted by molar-refractivity contribution is -0.118. The molecule has 5 nitrogen and oxygen atoms in total. The SMILES string of the molecule is CC(C(=O)Nc1ccc(SON)cc1)n1ccc2c(F)cccc21. The topological polar surface area (TPSA) is 69.3 Å². The van der Waals surface area contributed by atoms with Gasteiger partial charge in [-0.1, -0.05) is 6.07 Å². The van der Waals surface area contributed by atoms with Gasteiger partial charge in [-0.25, -0.2) is 14.6 Å². The van der Waals surface area contributed by atoms with Gasteiger partial charge < -0.3 is 9.88 Å². The van der Waals surface area contributed by atoms with E-state index in [1.165, 1.54) is 6.07 Å². The van der Waals surface area contributed by atoms with Crippen LogP contribution in [0, 0.1) is 5.82 Å². The fraction of sp³-hybridized carbons (Fsp3) is 0.118. The molecule has 24 heavy (non-hydrogen) atoms. The van der Waals surface area contributed by atoms with E-state index in [1.54, 1.807) is 60.2 Å². The minimum absolute atomic E-state index is 0.188. The highest BCUT2D eigenvalue weighted by Crippen LogP contribution is 2.24. The first-order valence-corrected chi connectivity index (χ1v) is 8.03. The van der Waals surface area contributed by atoms with Crippen molar-refractivity contribution in [2.24, 2.45) is 5.90 Å². The molecule has 1 atom stereocenters. The molecule has 0 spiro atoms. The summed E-state index contributed by atoms with van der Waals surface area (Å²) in [6.45, 7) is 1.77. The maximum Gasteiger partial charge on any atom is 0.247 e. The molecule has 0 saturated heterocycles. The minimum atomic E-state index is -0.481. The number of amides is 1. The number of hydrogen-bond acceptors (Lipinski definition) is 4. The van der Waals surface area contributed by atoms with E-state index in [1.807, 2.05) is 0 Å². The molecule has 1 unspecified atom stereocenters. The van der Waals surface area contributed by atoms with Crippen LogP contribution in [0.5, 0.6) is 0 Å². The van der Waals surface area contributed by atoms with Crippen LogP contribution < -0.4 is 11.2 Å². The van der Waals surface area contributed by atoms with Gasteiger partial charge in [-0.3, -0.25) is 4.79 Å². The summed E-state index contributed by atoms with van der Waals surface area (Å²) in [6, 6.07) is 13.1. The van der Waals surface area contributed by atoms with Crippen LogP contribution in [0.2, 0.25) is 0 Å². The first kappa shape index (κ1) is 16.5. The average Bonchev–Trinajstić information content (AvgIpc) is 3.01. The number of nitrogens with zero attached hydrogens (tertiary/aromatic N) is 1. The third kappa shape index (κ3) is 3.28.